The van der Waals surface area contributed by atoms with Gasteiger partial charge < -0.3 is 10.6 Å². The van der Waals surface area contributed by atoms with E-state index in [1.54, 1.807) is 6.20 Å². The summed E-state index contributed by atoms with van der Waals surface area (Å²) in [5.74, 6) is 0. The number of aromatic nitrogens is 2. The van der Waals surface area contributed by atoms with Crippen molar-refractivity contribution < 1.29 is 0 Å². The van der Waals surface area contributed by atoms with Crippen molar-refractivity contribution in [2.24, 2.45) is 0 Å². The Balaban J connectivity index is 1.79. The van der Waals surface area contributed by atoms with Crippen LogP contribution in [0.4, 0.5) is 0 Å². The molecule has 0 spiro atoms. The average molecular weight is 178 g/mol. The molecule has 0 bridgehead atoms. The van der Waals surface area contributed by atoms with Crippen LogP contribution in [-0.2, 0) is 6.54 Å². The molecule has 2 N–H and O–H groups in total. The minimum atomic E-state index is 0.599. The molecule has 4 nitrogen and oxygen atoms in total. The van der Waals surface area contributed by atoms with Gasteiger partial charge in [-0.1, -0.05) is 0 Å². The van der Waals surface area contributed by atoms with Crippen molar-refractivity contribution >= 4 is 0 Å². The van der Waals surface area contributed by atoms with Gasteiger partial charge in [0.25, 0.3) is 0 Å². The summed E-state index contributed by atoms with van der Waals surface area (Å²) in [7, 11) is 0. The molecule has 1 saturated heterocycles. The lowest BCUT2D eigenvalue weighted by Gasteiger charge is -2.09. The summed E-state index contributed by atoms with van der Waals surface area (Å²) < 4.78 is 0. The zero-order valence-electron chi connectivity index (χ0n) is 7.53. The molecular formula is C9H14N4. The summed E-state index contributed by atoms with van der Waals surface area (Å²) in [5.41, 5.74) is 1.01. The van der Waals surface area contributed by atoms with Gasteiger partial charge in [-0.3, -0.25) is 0 Å². The fraction of sp³-hybridized carbons (Fsp3) is 0.556. The van der Waals surface area contributed by atoms with E-state index in [2.05, 4.69) is 20.8 Å². The number of nitrogens with zero attached hydrogens (tertiary/aromatic N) is 2. The lowest BCUT2D eigenvalue weighted by atomic mass is 10.2. The van der Waals surface area contributed by atoms with E-state index in [0.29, 0.717) is 6.04 Å². The fourth-order valence-corrected chi connectivity index (χ4v) is 1.51. The van der Waals surface area contributed by atoms with Crippen LogP contribution in [0.2, 0.25) is 0 Å². The second kappa shape index (κ2) is 4.30. The summed E-state index contributed by atoms with van der Waals surface area (Å²) in [6.07, 6.45) is 2.90. The molecule has 1 aromatic rings. The molecule has 2 heterocycles. The number of hydrogen-bond donors (Lipinski definition) is 2. The molecule has 2 rings (SSSR count). The van der Waals surface area contributed by atoms with Crippen molar-refractivity contribution in [2.75, 3.05) is 13.1 Å². The van der Waals surface area contributed by atoms with Gasteiger partial charge in [0.15, 0.2) is 0 Å². The van der Waals surface area contributed by atoms with Gasteiger partial charge in [-0.05, 0) is 25.1 Å². The highest BCUT2D eigenvalue weighted by atomic mass is 15.1. The molecule has 4 heteroatoms. The first-order valence-electron chi connectivity index (χ1n) is 4.66. The van der Waals surface area contributed by atoms with Gasteiger partial charge in [0.05, 0.1) is 5.69 Å². The molecule has 1 unspecified atom stereocenters. The fourth-order valence-electron chi connectivity index (χ4n) is 1.51. The van der Waals surface area contributed by atoms with Gasteiger partial charge in [-0.2, -0.15) is 10.2 Å². The molecule has 13 heavy (non-hydrogen) atoms. The summed E-state index contributed by atoms with van der Waals surface area (Å²) in [5, 5.41) is 14.6. The predicted molar refractivity (Wildman–Crippen MR) is 50.1 cm³/mol. The predicted octanol–water partition coefficient (Wildman–Crippen LogP) is -0.0719. The maximum atomic E-state index is 4.01. The SMILES string of the molecule is c1cnnc(CNC2CCNC2)c1. The van der Waals surface area contributed by atoms with E-state index in [-0.39, 0.29) is 0 Å². The summed E-state index contributed by atoms with van der Waals surface area (Å²) >= 11 is 0. The van der Waals surface area contributed by atoms with E-state index < -0.39 is 0 Å². The van der Waals surface area contributed by atoms with Crippen molar-refractivity contribution in [3.63, 3.8) is 0 Å². The summed E-state index contributed by atoms with van der Waals surface area (Å²) in [6, 6.07) is 4.50. The van der Waals surface area contributed by atoms with E-state index in [1.807, 2.05) is 12.1 Å². The zero-order chi connectivity index (χ0) is 8.93. The third-order valence-corrected chi connectivity index (χ3v) is 2.26. The van der Waals surface area contributed by atoms with Gasteiger partial charge in [0, 0.05) is 25.3 Å². The maximum absolute atomic E-state index is 4.01. The number of nitrogens with one attached hydrogen (secondary N) is 2. The average Bonchev–Trinajstić information content (AvgIpc) is 2.69. The lowest BCUT2D eigenvalue weighted by Crippen LogP contribution is -2.30. The van der Waals surface area contributed by atoms with Crippen molar-refractivity contribution in [2.45, 2.75) is 19.0 Å². The van der Waals surface area contributed by atoms with E-state index in [1.165, 1.54) is 6.42 Å². The summed E-state index contributed by atoms with van der Waals surface area (Å²) in [6.45, 7) is 3.01. The highest BCUT2D eigenvalue weighted by molar-refractivity contribution is 4.99. The molecule has 0 aliphatic carbocycles. The molecular weight excluding hydrogens is 164 g/mol. The maximum Gasteiger partial charge on any atom is 0.0769 e. The van der Waals surface area contributed by atoms with Crippen LogP contribution in [0.1, 0.15) is 12.1 Å². The van der Waals surface area contributed by atoms with Gasteiger partial charge >= 0.3 is 0 Å². The van der Waals surface area contributed by atoms with Crippen molar-refractivity contribution in [1.82, 2.24) is 20.8 Å². The first-order chi connectivity index (χ1) is 6.45. The highest BCUT2D eigenvalue weighted by Gasteiger charge is 2.12. The smallest absolute Gasteiger partial charge is 0.0769 e. The molecule has 1 fully saturated rings. The van der Waals surface area contributed by atoms with E-state index in [9.17, 15) is 0 Å². The second-order valence-electron chi connectivity index (χ2n) is 3.29. The Morgan fingerprint density at radius 3 is 3.31 bits per heavy atom. The third kappa shape index (κ3) is 2.47. The minimum Gasteiger partial charge on any atom is -0.315 e. The third-order valence-electron chi connectivity index (χ3n) is 2.26. The van der Waals surface area contributed by atoms with Crippen LogP contribution in [-0.4, -0.2) is 29.3 Å². The van der Waals surface area contributed by atoms with Crippen LogP contribution in [0, 0.1) is 0 Å². The topological polar surface area (TPSA) is 49.8 Å². The molecule has 0 radical (unpaired) electrons. The largest absolute Gasteiger partial charge is 0.315 e. The Hall–Kier alpha value is -1.00. The van der Waals surface area contributed by atoms with E-state index >= 15 is 0 Å². The Bertz CT molecular complexity index is 243. The molecule has 1 atom stereocenters. The minimum absolute atomic E-state index is 0.599. The number of hydrogen-bond acceptors (Lipinski definition) is 4. The normalized spacial score (nSPS) is 22.0. The van der Waals surface area contributed by atoms with Crippen LogP contribution >= 0.6 is 0 Å². The van der Waals surface area contributed by atoms with Crippen LogP contribution in [0.3, 0.4) is 0 Å². The van der Waals surface area contributed by atoms with Crippen LogP contribution < -0.4 is 10.6 Å². The standard InChI is InChI=1S/C9H14N4/c1-2-9(13-12-4-1)7-11-8-3-5-10-6-8/h1-2,4,8,10-11H,3,5-7H2. The van der Waals surface area contributed by atoms with Gasteiger partial charge in [-0.15, -0.1) is 0 Å². The van der Waals surface area contributed by atoms with Crippen LogP contribution in [0.25, 0.3) is 0 Å². The molecule has 0 amide bonds. The quantitative estimate of drug-likeness (QED) is 0.680. The lowest BCUT2D eigenvalue weighted by molar-refractivity contribution is 0.539. The van der Waals surface area contributed by atoms with Gasteiger partial charge in [-0.25, -0.2) is 0 Å². The summed E-state index contributed by atoms with van der Waals surface area (Å²) in [4.78, 5) is 0. The van der Waals surface area contributed by atoms with Crippen LogP contribution in [0.5, 0.6) is 0 Å². The van der Waals surface area contributed by atoms with Gasteiger partial charge in [0.2, 0.25) is 0 Å². The van der Waals surface area contributed by atoms with Crippen LogP contribution in [0.15, 0.2) is 18.3 Å². The van der Waals surface area contributed by atoms with E-state index in [4.69, 9.17) is 0 Å². The van der Waals surface area contributed by atoms with Crippen molar-refractivity contribution in [1.29, 1.82) is 0 Å². The Labute approximate surface area is 77.8 Å². The zero-order valence-corrected chi connectivity index (χ0v) is 7.53. The Morgan fingerprint density at radius 2 is 2.62 bits per heavy atom. The monoisotopic (exact) mass is 178 g/mol. The van der Waals surface area contributed by atoms with Gasteiger partial charge in [0.1, 0.15) is 0 Å². The second-order valence-corrected chi connectivity index (χ2v) is 3.29. The molecule has 70 valence electrons. The molecule has 1 aromatic heterocycles. The molecule has 1 aliphatic heterocycles. The number of rotatable bonds is 3. The highest BCUT2D eigenvalue weighted by Crippen LogP contribution is 1.98. The van der Waals surface area contributed by atoms with E-state index in [0.717, 1.165) is 25.3 Å². The first-order valence-corrected chi connectivity index (χ1v) is 4.66. The molecule has 0 saturated carbocycles. The Kier molecular flexibility index (Phi) is 2.84. The van der Waals surface area contributed by atoms with Crippen molar-refractivity contribution in [3.05, 3.63) is 24.0 Å². The first kappa shape index (κ1) is 8.59. The Morgan fingerprint density at radius 1 is 1.62 bits per heavy atom. The molecule has 0 aromatic carbocycles. The molecule has 1 aliphatic rings. The van der Waals surface area contributed by atoms with Crippen molar-refractivity contribution in [3.8, 4) is 0 Å².